The van der Waals surface area contributed by atoms with Gasteiger partial charge in [0.15, 0.2) is 5.78 Å². The van der Waals surface area contributed by atoms with Crippen molar-refractivity contribution in [3.63, 3.8) is 0 Å². The number of aryl methyl sites for hydroxylation is 1. The van der Waals surface area contributed by atoms with Crippen molar-refractivity contribution in [2.24, 2.45) is 0 Å². The van der Waals surface area contributed by atoms with E-state index in [0.29, 0.717) is 11.3 Å². The zero-order valence-corrected chi connectivity index (χ0v) is 18.5. The maximum atomic E-state index is 13.4. The topological polar surface area (TPSA) is 26.3 Å². The maximum Gasteiger partial charge on any atom is 0.184 e. The maximum absolute atomic E-state index is 13.4. The second-order valence-corrected chi connectivity index (χ2v) is 9.41. The number of ether oxygens (including phenoxy) is 1. The molecule has 0 N–H and O–H groups in total. The molecule has 0 saturated heterocycles. The van der Waals surface area contributed by atoms with Crippen LogP contribution in [0.1, 0.15) is 27.6 Å². The van der Waals surface area contributed by atoms with Crippen LogP contribution in [0.4, 0.5) is 0 Å². The van der Waals surface area contributed by atoms with Gasteiger partial charge in [0.25, 0.3) is 0 Å². The van der Waals surface area contributed by atoms with Gasteiger partial charge >= 0.3 is 0 Å². The summed E-state index contributed by atoms with van der Waals surface area (Å²) in [4.78, 5) is 14.5. The SMILES string of the molecule is Cc1ccc(S[C@@H]2C(=O)c3cc(Br)cc(Br)c3O[C@H]2c2ccccc2)cc1. The molecule has 3 aromatic rings. The predicted molar refractivity (Wildman–Crippen MR) is 117 cm³/mol. The predicted octanol–water partition coefficient (Wildman–Crippen LogP) is 7.00. The first-order chi connectivity index (χ1) is 13.0. The van der Waals surface area contributed by atoms with E-state index in [1.807, 2.05) is 42.5 Å². The summed E-state index contributed by atoms with van der Waals surface area (Å²) in [6, 6.07) is 21.9. The number of ketones is 1. The summed E-state index contributed by atoms with van der Waals surface area (Å²) >= 11 is 8.57. The van der Waals surface area contributed by atoms with E-state index in [1.165, 1.54) is 5.56 Å². The average Bonchev–Trinajstić information content (AvgIpc) is 2.66. The number of hydrogen-bond donors (Lipinski definition) is 0. The monoisotopic (exact) mass is 502 g/mol. The van der Waals surface area contributed by atoms with E-state index in [0.717, 1.165) is 19.4 Å². The molecule has 136 valence electrons. The van der Waals surface area contributed by atoms with Gasteiger partial charge < -0.3 is 4.74 Å². The number of fused-ring (bicyclic) bond motifs is 1. The lowest BCUT2D eigenvalue weighted by molar-refractivity contribution is 0.0865. The molecule has 0 aromatic heterocycles. The third-order valence-electron chi connectivity index (χ3n) is 4.46. The van der Waals surface area contributed by atoms with Crippen LogP contribution in [0.5, 0.6) is 5.75 Å². The van der Waals surface area contributed by atoms with Crippen LogP contribution in [0, 0.1) is 6.92 Å². The Hall–Kier alpha value is -1.56. The van der Waals surface area contributed by atoms with Crippen molar-refractivity contribution >= 4 is 49.4 Å². The Balaban J connectivity index is 1.79. The molecule has 27 heavy (non-hydrogen) atoms. The van der Waals surface area contributed by atoms with E-state index in [4.69, 9.17) is 4.74 Å². The van der Waals surface area contributed by atoms with Gasteiger partial charge in [-0.05, 0) is 52.7 Å². The quantitative estimate of drug-likeness (QED) is 0.385. The van der Waals surface area contributed by atoms with E-state index in [-0.39, 0.29) is 17.1 Å². The molecular formula is C22H16Br2O2S. The Morgan fingerprint density at radius 1 is 0.963 bits per heavy atom. The highest BCUT2D eigenvalue weighted by atomic mass is 79.9. The summed E-state index contributed by atoms with van der Waals surface area (Å²) in [5, 5.41) is -0.358. The van der Waals surface area contributed by atoms with Crippen LogP contribution >= 0.6 is 43.6 Å². The molecule has 1 aliphatic heterocycles. The number of rotatable bonds is 3. The fraction of sp³-hybridized carbons (Fsp3) is 0.136. The van der Waals surface area contributed by atoms with Gasteiger partial charge in [-0.25, -0.2) is 0 Å². The molecule has 2 nitrogen and oxygen atoms in total. The van der Waals surface area contributed by atoms with E-state index in [2.05, 4.69) is 63.0 Å². The van der Waals surface area contributed by atoms with Gasteiger partial charge in [-0.2, -0.15) is 0 Å². The molecule has 1 heterocycles. The van der Waals surface area contributed by atoms with Gasteiger partial charge in [0, 0.05) is 9.37 Å². The first-order valence-electron chi connectivity index (χ1n) is 8.51. The Kier molecular flexibility index (Phi) is 5.44. The van der Waals surface area contributed by atoms with Crippen LogP contribution in [0.25, 0.3) is 0 Å². The van der Waals surface area contributed by atoms with Gasteiger partial charge in [-0.15, -0.1) is 11.8 Å². The molecule has 0 radical (unpaired) electrons. The minimum absolute atomic E-state index is 0.0812. The highest BCUT2D eigenvalue weighted by molar-refractivity contribution is 9.11. The zero-order valence-electron chi connectivity index (χ0n) is 14.5. The lowest BCUT2D eigenvalue weighted by atomic mass is 9.96. The van der Waals surface area contributed by atoms with Gasteiger partial charge in [-0.1, -0.05) is 64.0 Å². The van der Waals surface area contributed by atoms with Crippen molar-refractivity contribution in [2.75, 3.05) is 0 Å². The molecule has 5 heteroatoms. The second kappa shape index (κ2) is 7.82. The van der Waals surface area contributed by atoms with Crippen LogP contribution in [-0.2, 0) is 0 Å². The molecule has 2 atom stereocenters. The van der Waals surface area contributed by atoms with Crippen molar-refractivity contribution < 1.29 is 9.53 Å². The largest absolute Gasteiger partial charge is 0.482 e. The zero-order chi connectivity index (χ0) is 19.0. The van der Waals surface area contributed by atoms with Crippen molar-refractivity contribution in [1.29, 1.82) is 0 Å². The van der Waals surface area contributed by atoms with Crippen LogP contribution < -0.4 is 4.74 Å². The summed E-state index contributed by atoms with van der Waals surface area (Å²) < 4.78 is 8.00. The Morgan fingerprint density at radius 2 is 1.67 bits per heavy atom. The molecule has 3 aromatic carbocycles. The van der Waals surface area contributed by atoms with Gasteiger partial charge in [0.05, 0.1) is 10.0 Å². The van der Waals surface area contributed by atoms with Gasteiger partial charge in [0.2, 0.25) is 0 Å². The van der Waals surface area contributed by atoms with Crippen LogP contribution in [0.3, 0.4) is 0 Å². The van der Waals surface area contributed by atoms with E-state index in [9.17, 15) is 4.79 Å². The third-order valence-corrected chi connectivity index (χ3v) is 6.77. The van der Waals surface area contributed by atoms with Crippen molar-refractivity contribution in [3.8, 4) is 5.75 Å². The summed E-state index contributed by atoms with van der Waals surface area (Å²) in [7, 11) is 0. The highest BCUT2D eigenvalue weighted by Crippen LogP contribution is 2.46. The Labute approximate surface area is 179 Å². The number of halogens is 2. The minimum atomic E-state index is -0.358. The van der Waals surface area contributed by atoms with Crippen molar-refractivity contribution in [2.45, 2.75) is 23.2 Å². The molecule has 0 unspecified atom stereocenters. The van der Waals surface area contributed by atoms with Crippen molar-refractivity contribution in [1.82, 2.24) is 0 Å². The summed E-state index contributed by atoms with van der Waals surface area (Å²) in [6.45, 7) is 2.06. The summed E-state index contributed by atoms with van der Waals surface area (Å²) in [5.41, 5.74) is 2.80. The molecule has 0 fully saturated rings. The van der Waals surface area contributed by atoms with E-state index < -0.39 is 0 Å². The number of thioether (sulfide) groups is 1. The second-order valence-electron chi connectivity index (χ2n) is 6.43. The lowest BCUT2D eigenvalue weighted by Crippen LogP contribution is -2.34. The van der Waals surface area contributed by atoms with Crippen molar-refractivity contribution in [3.05, 3.63) is 92.4 Å². The fourth-order valence-electron chi connectivity index (χ4n) is 3.11. The van der Waals surface area contributed by atoms with Crippen LogP contribution in [-0.4, -0.2) is 11.0 Å². The number of benzene rings is 3. The normalized spacial score (nSPS) is 18.7. The molecule has 1 aliphatic rings. The first kappa shape index (κ1) is 18.8. The number of hydrogen-bond acceptors (Lipinski definition) is 3. The molecular weight excluding hydrogens is 488 g/mol. The van der Waals surface area contributed by atoms with E-state index in [1.54, 1.807) is 11.8 Å². The highest BCUT2D eigenvalue weighted by Gasteiger charge is 2.40. The number of carbonyl (C=O) groups excluding carboxylic acids is 1. The molecule has 4 rings (SSSR count). The number of carbonyl (C=O) groups is 1. The molecule has 0 bridgehead atoms. The lowest BCUT2D eigenvalue weighted by Gasteiger charge is -2.33. The third kappa shape index (κ3) is 3.86. The molecule has 0 saturated carbocycles. The average molecular weight is 504 g/mol. The number of Topliss-reactive ketones (excluding diaryl/α,β-unsaturated/α-hetero) is 1. The molecule has 0 amide bonds. The Morgan fingerprint density at radius 3 is 2.37 bits per heavy atom. The van der Waals surface area contributed by atoms with Crippen LogP contribution in [0.2, 0.25) is 0 Å². The standard InChI is InChI=1S/C22H16Br2O2S/c1-13-7-9-16(10-8-13)27-22-19(25)17-11-15(23)12-18(24)21(17)26-20(22)14-5-3-2-4-6-14/h2-12,20,22H,1H3/t20-,22+/m0/s1. The van der Waals surface area contributed by atoms with Gasteiger partial charge in [-0.3, -0.25) is 4.79 Å². The summed E-state index contributed by atoms with van der Waals surface area (Å²) in [5.74, 6) is 0.690. The summed E-state index contributed by atoms with van der Waals surface area (Å²) in [6.07, 6.45) is -0.352. The Bertz CT molecular complexity index is 987. The fourth-order valence-corrected chi connectivity index (χ4v) is 5.58. The molecule has 0 aliphatic carbocycles. The molecule has 0 spiro atoms. The smallest absolute Gasteiger partial charge is 0.184 e. The minimum Gasteiger partial charge on any atom is -0.482 e. The van der Waals surface area contributed by atoms with E-state index >= 15 is 0 Å². The van der Waals surface area contributed by atoms with Crippen LogP contribution in [0.15, 0.2) is 80.6 Å². The first-order valence-corrected chi connectivity index (χ1v) is 11.0. The van der Waals surface area contributed by atoms with Gasteiger partial charge in [0.1, 0.15) is 17.1 Å².